The zero-order valence-corrected chi connectivity index (χ0v) is 21.0. The molecule has 1 N–H and O–H groups in total. The van der Waals surface area contributed by atoms with Gasteiger partial charge in [0, 0.05) is 29.9 Å². The second-order valence-electron chi connectivity index (χ2n) is 8.97. The van der Waals surface area contributed by atoms with Crippen LogP contribution in [-0.4, -0.2) is 36.7 Å². The van der Waals surface area contributed by atoms with Gasteiger partial charge in [-0.3, -0.25) is 14.4 Å². The number of nitrogens with one attached hydrogen (secondary N) is 1. The van der Waals surface area contributed by atoms with E-state index in [4.69, 9.17) is 4.74 Å². The molecule has 0 unspecified atom stereocenters. The molecule has 1 heterocycles. The van der Waals surface area contributed by atoms with Crippen LogP contribution in [-0.2, 0) is 27.2 Å². The van der Waals surface area contributed by atoms with Crippen molar-refractivity contribution in [2.45, 2.75) is 33.1 Å². The SMILES string of the molecule is CCc1cccc(CC)c1N1C[C@@H](C(=O)Nc2ccc(C(=O)OCC(=O)c3ccccc3)cc2)CC1=O. The van der Waals surface area contributed by atoms with Crippen molar-refractivity contribution in [1.29, 1.82) is 0 Å². The number of benzene rings is 3. The van der Waals surface area contributed by atoms with Crippen molar-refractivity contribution in [2.24, 2.45) is 5.92 Å². The molecular formula is C30H30N2O5. The van der Waals surface area contributed by atoms with Gasteiger partial charge in [0.1, 0.15) is 0 Å². The van der Waals surface area contributed by atoms with Crippen molar-refractivity contribution in [3.05, 3.63) is 95.1 Å². The molecule has 3 aromatic carbocycles. The first-order chi connectivity index (χ1) is 17.9. The van der Waals surface area contributed by atoms with Gasteiger partial charge in [0.15, 0.2) is 12.4 Å². The molecule has 0 aliphatic carbocycles. The molecule has 0 saturated carbocycles. The van der Waals surface area contributed by atoms with E-state index in [2.05, 4.69) is 19.2 Å². The minimum absolute atomic E-state index is 0.0566. The molecule has 37 heavy (non-hydrogen) atoms. The molecule has 7 nitrogen and oxygen atoms in total. The van der Waals surface area contributed by atoms with Gasteiger partial charge in [0.2, 0.25) is 11.8 Å². The minimum Gasteiger partial charge on any atom is -0.454 e. The number of nitrogens with zero attached hydrogens (tertiary/aromatic N) is 1. The molecule has 190 valence electrons. The lowest BCUT2D eigenvalue weighted by atomic mass is 10.0. The smallest absolute Gasteiger partial charge is 0.338 e. The lowest BCUT2D eigenvalue weighted by molar-refractivity contribution is -0.122. The van der Waals surface area contributed by atoms with Crippen molar-refractivity contribution in [2.75, 3.05) is 23.4 Å². The van der Waals surface area contributed by atoms with Crippen LogP contribution in [0.4, 0.5) is 11.4 Å². The summed E-state index contributed by atoms with van der Waals surface area (Å²) in [5.74, 6) is -1.69. The Bertz CT molecular complexity index is 1280. The Kier molecular flexibility index (Phi) is 8.13. The average Bonchev–Trinajstić information content (AvgIpc) is 3.33. The summed E-state index contributed by atoms with van der Waals surface area (Å²) < 4.78 is 5.13. The lowest BCUT2D eigenvalue weighted by Gasteiger charge is -2.23. The number of anilines is 2. The number of esters is 1. The molecule has 0 bridgehead atoms. The van der Waals surface area contributed by atoms with E-state index in [0.29, 0.717) is 17.8 Å². The van der Waals surface area contributed by atoms with Crippen molar-refractivity contribution >= 4 is 34.9 Å². The molecule has 0 radical (unpaired) electrons. The summed E-state index contributed by atoms with van der Waals surface area (Å²) >= 11 is 0. The van der Waals surface area contributed by atoms with Gasteiger partial charge in [-0.2, -0.15) is 0 Å². The molecule has 3 aromatic rings. The molecule has 4 rings (SSSR count). The summed E-state index contributed by atoms with van der Waals surface area (Å²) in [6.45, 7) is 4.09. The van der Waals surface area contributed by atoms with Gasteiger partial charge in [-0.1, -0.05) is 62.4 Å². The second kappa shape index (κ2) is 11.6. The summed E-state index contributed by atoms with van der Waals surface area (Å²) in [6.07, 6.45) is 1.75. The number of para-hydroxylation sites is 1. The van der Waals surface area contributed by atoms with Crippen LogP contribution < -0.4 is 10.2 Å². The molecule has 0 aromatic heterocycles. The van der Waals surface area contributed by atoms with Crippen LogP contribution in [0.2, 0.25) is 0 Å². The molecule has 1 fully saturated rings. The Morgan fingerprint density at radius 1 is 0.865 bits per heavy atom. The van der Waals surface area contributed by atoms with E-state index in [1.165, 1.54) is 12.1 Å². The molecule has 1 aliphatic rings. The first kappa shape index (κ1) is 25.8. The fraction of sp³-hybridized carbons (Fsp3) is 0.267. The first-order valence-corrected chi connectivity index (χ1v) is 12.5. The quantitative estimate of drug-likeness (QED) is 0.337. The van der Waals surface area contributed by atoms with Crippen molar-refractivity contribution in [1.82, 2.24) is 0 Å². The van der Waals surface area contributed by atoms with E-state index >= 15 is 0 Å². The van der Waals surface area contributed by atoms with Crippen molar-refractivity contribution in [3.63, 3.8) is 0 Å². The third-order valence-electron chi connectivity index (χ3n) is 6.55. The van der Waals surface area contributed by atoms with Gasteiger partial charge in [-0.05, 0) is 48.2 Å². The Balaban J connectivity index is 1.35. The van der Waals surface area contributed by atoms with Gasteiger partial charge in [-0.15, -0.1) is 0 Å². The molecule has 1 saturated heterocycles. The number of hydrogen-bond donors (Lipinski definition) is 1. The maximum atomic E-state index is 13.0. The van der Waals surface area contributed by atoms with E-state index < -0.39 is 11.9 Å². The van der Waals surface area contributed by atoms with Crippen molar-refractivity contribution < 1.29 is 23.9 Å². The van der Waals surface area contributed by atoms with E-state index in [0.717, 1.165) is 29.7 Å². The van der Waals surface area contributed by atoms with Crippen molar-refractivity contribution in [3.8, 4) is 0 Å². The van der Waals surface area contributed by atoms with Crippen LogP contribution >= 0.6 is 0 Å². The number of amides is 2. The Hall–Kier alpha value is -4.26. The highest BCUT2D eigenvalue weighted by Crippen LogP contribution is 2.32. The summed E-state index contributed by atoms with van der Waals surface area (Å²) in [5, 5.41) is 2.85. The maximum absolute atomic E-state index is 13.0. The first-order valence-electron chi connectivity index (χ1n) is 12.5. The number of rotatable bonds is 9. The standard InChI is InChI=1S/C30H30N2O5/c1-3-20-11-8-12-21(4-2)28(20)32-18-24(17-27(32)34)29(35)31-25-15-13-23(14-16-25)30(36)37-19-26(33)22-9-6-5-7-10-22/h5-16,24H,3-4,17-19H2,1-2H3,(H,31,35)/t24-/m0/s1. The molecule has 2 amide bonds. The monoisotopic (exact) mass is 498 g/mol. The highest BCUT2D eigenvalue weighted by Gasteiger charge is 2.36. The van der Waals surface area contributed by atoms with Gasteiger partial charge in [0.25, 0.3) is 0 Å². The van der Waals surface area contributed by atoms with Gasteiger partial charge in [-0.25, -0.2) is 4.79 Å². The zero-order valence-electron chi connectivity index (χ0n) is 21.0. The van der Waals surface area contributed by atoms with Crippen LogP contribution in [0.3, 0.4) is 0 Å². The molecule has 1 atom stereocenters. The number of ether oxygens (including phenoxy) is 1. The Morgan fingerprint density at radius 2 is 1.51 bits per heavy atom. The second-order valence-corrected chi connectivity index (χ2v) is 8.97. The zero-order chi connectivity index (χ0) is 26.4. The van der Waals surface area contributed by atoms with Crippen LogP contribution in [0.1, 0.15) is 52.1 Å². The predicted octanol–water partition coefficient (Wildman–Crippen LogP) is 4.84. The summed E-state index contributed by atoms with van der Waals surface area (Å²) in [5.41, 5.74) is 4.38. The highest BCUT2D eigenvalue weighted by molar-refractivity contribution is 6.04. The van der Waals surface area contributed by atoms with E-state index in [1.807, 2.05) is 18.2 Å². The van der Waals surface area contributed by atoms with E-state index in [1.54, 1.807) is 47.4 Å². The fourth-order valence-electron chi connectivity index (χ4n) is 4.52. The Morgan fingerprint density at radius 3 is 2.14 bits per heavy atom. The summed E-state index contributed by atoms with van der Waals surface area (Å²) in [7, 11) is 0. The van der Waals surface area contributed by atoms with E-state index in [9.17, 15) is 19.2 Å². The topological polar surface area (TPSA) is 92.8 Å². The molecule has 1 aliphatic heterocycles. The molecule has 7 heteroatoms. The number of hydrogen-bond acceptors (Lipinski definition) is 5. The molecule has 0 spiro atoms. The lowest BCUT2D eigenvalue weighted by Crippen LogP contribution is -2.29. The van der Waals surface area contributed by atoms with Crippen LogP contribution in [0.15, 0.2) is 72.8 Å². The largest absolute Gasteiger partial charge is 0.454 e. The fourth-order valence-corrected chi connectivity index (χ4v) is 4.52. The van der Waals surface area contributed by atoms with Crippen LogP contribution in [0, 0.1) is 5.92 Å². The van der Waals surface area contributed by atoms with Crippen LogP contribution in [0.25, 0.3) is 0 Å². The van der Waals surface area contributed by atoms with Gasteiger partial charge < -0.3 is 15.0 Å². The normalized spacial score (nSPS) is 14.9. The summed E-state index contributed by atoms with van der Waals surface area (Å²) in [6, 6.07) is 20.9. The number of carbonyl (C=O) groups is 4. The number of carbonyl (C=O) groups excluding carboxylic acids is 4. The van der Waals surface area contributed by atoms with E-state index in [-0.39, 0.29) is 36.2 Å². The van der Waals surface area contributed by atoms with Gasteiger partial charge >= 0.3 is 5.97 Å². The third kappa shape index (κ3) is 5.94. The predicted molar refractivity (Wildman–Crippen MR) is 142 cm³/mol. The number of aryl methyl sites for hydroxylation is 2. The highest BCUT2D eigenvalue weighted by atomic mass is 16.5. The third-order valence-corrected chi connectivity index (χ3v) is 6.55. The maximum Gasteiger partial charge on any atom is 0.338 e. The average molecular weight is 499 g/mol. The van der Waals surface area contributed by atoms with Gasteiger partial charge in [0.05, 0.1) is 11.5 Å². The molecular weight excluding hydrogens is 468 g/mol. The summed E-state index contributed by atoms with van der Waals surface area (Å²) in [4.78, 5) is 52.0. The van der Waals surface area contributed by atoms with Crippen LogP contribution in [0.5, 0.6) is 0 Å². The number of Topliss-reactive ketones (excluding diaryl/α,β-unsaturated/α-hetero) is 1. The number of ketones is 1. The minimum atomic E-state index is -0.625. The Labute approximate surface area is 216 Å².